The average molecular weight is 287 g/mol. The van der Waals surface area contributed by atoms with Gasteiger partial charge >= 0.3 is 0 Å². The second-order valence-electron chi connectivity index (χ2n) is 4.54. The van der Waals surface area contributed by atoms with Crippen LogP contribution < -0.4 is 10.6 Å². The maximum absolute atomic E-state index is 13.0. The van der Waals surface area contributed by atoms with E-state index in [4.69, 9.17) is 11.6 Å². The van der Waals surface area contributed by atoms with E-state index in [2.05, 4.69) is 10.6 Å². The van der Waals surface area contributed by atoms with Gasteiger partial charge in [0.2, 0.25) is 5.91 Å². The van der Waals surface area contributed by atoms with Crippen LogP contribution in [0.4, 0.5) is 4.39 Å². The first-order valence-corrected chi connectivity index (χ1v) is 6.84. The van der Waals surface area contributed by atoms with Crippen molar-refractivity contribution in [1.82, 2.24) is 10.6 Å². The molecule has 1 aromatic carbocycles. The molecule has 1 unspecified atom stereocenters. The van der Waals surface area contributed by atoms with Crippen molar-refractivity contribution in [2.45, 2.75) is 39.3 Å². The number of halogens is 2. The molecule has 0 aliphatic heterocycles. The summed E-state index contributed by atoms with van der Waals surface area (Å²) in [5.74, 6) is -0.289. The Hall–Kier alpha value is -1.13. The topological polar surface area (TPSA) is 41.1 Å². The molecule has 1 rings (SSSR count). The molecule has 0 radical (unpaired) electrons. The molecule has 0 fully saturated rings. The number of hydrogen-bond acceptors (Lipinski definition) is 2. The van der Waals surface area contributed by atoms with E-state index in [0.717, 1.165) is 6.42 Å². The first kappa shape index (κ1) is 15.9. The van der Waals surface area contributed by atoms with E-state index in [0.29, 0.717) is 30.1 Å². The van der Waals surface area contributed by atoms with Crippen LogP contribution in [-0.2, 0) is 11.3 Å². The van der Waals surface area contributed by atoms with Crippen molar-refractivity contribution < 1.29 is 9.18 Å². The summed E-state index contributed by atoms with van der Waals surface area (Å²) in [5, 5.41) is 6.49. The van der Waals surface area contributed by atoms with E-state index in [1.807, 2.05) is 13.8 Å². The third kappa shape index (κ3) is 6.03. The predicted molar refractivity (Wildman–Crippen MR) is 75.6 cm³/mol. The van der Waals surface area contributed by atoms with Gasteiger partial charge in [0.1, 0.15) is 5.82 Å². The summed E-state index contributed by atoms with van der Waals surface area (Å²) in [7, 11) is 0. The Morgan fingerprint density at radius 1 is 1.47 bits per heavy atom. The average Bonchev–Trinajstić information content (AvgIpc) is 2.38. The second kappa shape index (κ2) is 8.12. The van der Waals surface area contributed by atoms with Crippen LogP contribution in [0.15, 0.2) is 18.2 Å². The molecular formula is C14H20ClFN2O. The molecule has 2 N–H and O–H groups in total. The van der Waals surface area contributed by atoms with E-state index < -0.39 is 0 Å². The van der Waals surface area contributed by atoms with Crippen LogP contribution in [0.25, 0.3) is 0 Å². The molecule has 106 valence electrons. The lowest BCUT2D eigenvalue weighted by molar-refractivity contribution is -0.121. The quantitative estimate of drug-likeness (QED) is 0.757. The largest absolute Gasteiger partial charge is 0.354 e. The Morgan fingerprint density at radius 2 is 2.21 bits per heavy atom. The molecule has 3 nitrogen and oxygen atoms in total. The molecule has 1 amide bonds. The monoisotopic (exact) mass is 286 g/mol. The first-order chi connectivity index (χ1) is 9.02. The van der Waals surface area contributed by atoms with Gasteiger partial charge in [-0.05, 0) is 37.1 Å². The van der Waals surface area contributed by atoms with Crippen LogP contribution >= 0.6 is 11.6 Å². The third-order valence-electron chi connectivity index (χ3n) is 2.87. The van der Waals surface area contributed by atoms with Gasteiger partial charge in [-0.2, -0.15) is 0 Å². The molecule has 0 saturated carbocycles. The molecule has 5 heteroatoms. The Balaban J connectivity index is 2.27. The Kier molecular flexibility index (Phi) is 6.81. The minimum Gasteiger partial charge on any atom is -0.354 e. The number of carbonyl (C=O) groups is 1. The van der Waals surface area contributed by atoms with Crippen LogP contribution in [-0.4, -0.2) is 18.5 Å². The lowest BCUT2D eigenvalue weighted by atomic mass is 10.2. The molecule has 1 atom stereocenters. The standard InChI is InChI=1S/C14H20ClFN2O/c1-3-10(2)18-14(19)6-7-17-9-11-8-12(16)4-5-13(11)15/h4-5,8,10,17H,3,6-7,9H2,1-2H3,(H,18,19). The lowest BCUT2D eigenvalue weighted by Gasteiger charge is -2.11. The molecule has 19 heavy (non-hydrogen) atoms. The lowest BCUT2D eigenvalue weighted by Crippen LogP contribution is -2.33. The van der Waals surface area contributed by atoms with Gasteiger partial charge in [0.25, 0.3) is 0 Å². The zero-order valence-corrected chi connectivity index (χ0v) is 12.1. The summed E-state index contributed by atoms with van der Waals surface area (Å²) in [6.07, 6.45) is 1.31. The molecular weight excluding hydrogens is 267 g/mol. The number of carbonyl (C=O) groups excluding carboxylic acids is 1. The highest BCUT2D eigenvalue weighted by atomic mass is 35.5. The first-order valence-electron chi connectivity index (χ1n) is 6.47. The summed E-state index contributed by atoms with van der Waals surface area (Å²) >= 11 is 5.94. The summed E-state index contributed by atoms with van der Waals surface area (Å²) in [4.78, 5) is 11.5. The van der Waals surface area contributed by atoms with E-state index in [9.17, 15) is 9.18 Å². The van der Waals surface area contributed by atoms with Crippen LogP contribution in [0.3, 0.4) is 0 Å². The minimum absolute atomic E-state index is 0.0205. The van der Waals surface area contributed by atoms with Crippen molar-refractivity contribution in [2.75, 3.05) is 6.54 Å². The molecule has 0 bridgehead atoms. The normalized spacial score (nSPS) is 12.2. The fourth-order valence-electron chi connectivity index (χ4n) is 1.55. The van der Waals surface area contributed by atoms with E-state index in [1.165, 1.54) is 18.2 Å². The number of amides is 1. The zero-order chi connectivity index (χ0) is 14.3. The Labute approximate surface area is 118 Å². The maximum Gasteiger partial charge on any atom is 0.221 e. The van der Waals surface area contributed by atoms with Crippen LogP contribution in [0.1, 0.15) is 32.3 Å². The van der Waals surface area contributed by atoms with Crippen molar-refractivity contribution in [2.24, 2.45) is 0 Å². The Bertz CT molecular complexity index is 426. The van der Waals surface area contributed by atoms with E-state index in [1.54, 1.807) is 0 Å². The molecule has 0 aliphatic carbocycles. The summed E-state index contributed by atoms with van der Waals surface area (Å²) in [6.45, 7) is 4.98. The number of hydrogen-bond donors (Lipinski definition) is 2. The highest BCUT2D eigenvalue weighted by Gasteiger charge is 2.05. The van der Waals surface area contributed by atoms with Gasteiger partial charge in [0.05, 0.1) is 0 Å². The highest BCUT2D eigenvalue weighted by Crippen LogP contribution is 2.16. The van der Waals surface area contributed by atoms with E-state index >= 15 is 0 Å². The fraction of sp³-hybridized carbons (Fsp3) is 0.500. The zero-order valence-electron chi connectivity index (χ0n) is 11.3. The molecule has 0 spiro atoms. The summed E-state index contributed by atoms with van der Waals surface area (Å²) in [5.41, 5.74) is 0.698. The second-order valence-corrected chi connectivity index (χ2v) is 4.95. The Morgan fingerprint density at radius 3 is 2.89 bits per heavy atom. The SMILES string of the molecule is CCC(C)NC(=O)CCNCc1cc(F)ccc1Cl. The molecule has 0 heterocycles. The third-order valence-corrected chi connectivity index (χ3v) is 3.24. The van der Waals surface area contributed by atoms with Crippen molar-refractivity contribution in [1.29, 1.82) is 0 Å². The smallest absolute Gasteiger partial charge is 0.221 e. The van der Waals surface area contributed by atoms with Crippen LogP contribution in [0, 0.1) is 5.82 Å². The fourth-order valence-corrected chi connectivity index (χ4v) is 1.74. The van der Waals surface area contributed by atoms with Crippen molar-refractivity contribution in [3.63, 3.8) is 0 Å². The minimum atomic E-state index is -0.310. The maximum atomic E-state index is 13.0. The van der Waals surface area contributed by atoms with Gasteiger partial charge < -0.3 is 10.6 Å². The molecule has 1 aromatic rings. The number of nitrogens with one attached hydrogen (secondary N) is 2. The van der Waals surface area contributed by atoms with Crippen LogP contribution in [0.5, 0.6) is 0 Å². The molecule has 0 aromatic heterocycles. The molecule has 0 saturated heterocycles. The van der Waals surface area contributed by atoms with Gasteiger partial charge in [0, 0.05) is 30.6 Å². The van der Waals surface area contributed by atoms with Crippen molar-refractivity contribution in [3.8, 4) is 0 Å². The van der Waals surface area contributed by atoms with Gasteiger partial charge in [0.15, 0.2) is 0 Å². The summed E-state index contributed by atoms with van der Waals surface area (Å²) < 4.78 is 13.0. The van der Waals surface area contributed by atoms with Gasteiger partial charge in [-0.25, -0.2) is 4.39 Å². The van der Waals surface area contributed by atoms with Crippen LogP contribution in [0.2, 0.25) is 5.02 Å². The van der Waals surface area contributed by atoms with E-state index in [-0.39, 0.29) is 17.8 Å². The predicted octanol–water partition coefficient (Wildman–Crippen LogP) is 2.87. The van der Waals surface area contributed by atoms with Gasteiger partial charge in [-0.3, -0.25) is 4.79 Å². The number of rotatable bonds is 7. The van der Waals surface area contributed by atoms with Crippen molar-refractivity contribution >= 4 is 17.5 Å². The highest BCUT2D eigenvalue weighted by molar-refractivity contribution is 6.31. The number of benzene rings is 1. The molecule has 0 aliphatic rings. The summed E-state index contributed by atoms with van der Waals surface area (Å²) in [6, 6.07) is 4.45. The van der Waals surface area contributed by atoms with Crippen molar-refractivity contribution in [3.05, 3.63) is 34.6 Å². The van der Waals surface area contributed by atoms with Gasteiger partial charge in [-0.1, -0.05) is 18.5 Å². The van der Waals surface area contributed by atoms with Gasteiger partial charge in [-0.15, -0.1) is 0 Å².